The Balaban J connectivity index is 2.13. The van der Waals surface area contributed by atoms with Gasteiger partial charge in [0.05, 0.1) is 10.6 Å². The van der Waals surface area contributed by atoms with Crippen LogP contribution in [0.1, 0.15) is 46.0 Å². The van der Waals surface area contributed by atoms with Crippen LogP contribution in [-0.4, -0.2) is 35.0 Å². The first-order valence-corrected chi connectivity index (χ1v) is 12.0. The molecule has 0 amide bonds. The molecular formula is C17H27N3O4S2. The maximum Gasteiger partial charge on any atom is 0.262 e. The predicted octanol–water partition coefficient (Wildman–Crippen LogP) is 2.73. The van der Waals surface area contributed by atoms with Crippen molar-refractivity contribution in [3.63, 3.8) is 0 Å². The fourth-order valence-electron chi connectivity index (χ4n) is 2.52. The summed E-state index contributed by atoms with van der Waals surface area (Å²) in [4.78, 5) is 4.28. The quantitative estimate of drug-likeness (QED) is 0.733. The highest BCUT2D eigenvalue weighted by Gasteiger charge is 2.19. The number of amidine groups is 1. The summed E-state index contributed by atoms with van der Waals surface area (Å²) < 4.78 is 54.4. The van der Waals surface area contributed by atoms with Crippen molar-refractivity contribution in [1.82, 2.24) is 4.72 Å². The number of hydrogen-bond acceptors (Lipinski definition) is 5. The van der Waals surface area contributed by atoms with Crippen molar-refractivity contribution in [3.05, 3.63) is 24.3 Å². The maximum atomic E-state index is 12.6. The Labute approximate surface area is 156 Å². The third kappa shape index (κ3) is 6.60. The van der Waals surface area contributed by atoms with Crippen LogP contribution in [0.5, 0.6) is 0 Å². The summed E-state index contributed by atoms with van der Waals surface area (Å²) >= 11 is 0. The molecular weight excluding hydrogens is 374 g/mol. The summed E-state index contributed by atoms with van der Waals surface area (Å²) in [5.74, 6) is 0.727. The Hall–Kier alpha value is -1.61. The Morgan fingerprint density at radius 2 is 1.85 bits per heavy atom. The zero-order chi connectivity index (χ0) is 19.2. The number of nitrogens with one attached hydrogen (secondary N) is 2. The van der Waals surface area contributed by atoms with Crippen molar-refractivity contribution >= 4 is 31.6 Å². The molecule has 0 atom stereocenters. The van der Waals surface area contributed by atoms with Gasteiger partial charge in [-0.05, 0) is 43.4 Å². The number of nitrogens with zero attached hydrogens (tertiary/aromatic N) is 1. The molecule has 1 aliphatic rings. The summed E-state index contributed by atoms with van der Waals surface area (Å²) in [6.45, 7) is 4.52. The molecule has 7 nitrogen and oxygen atoms in total. The lowest BCUT2D eigenvalue weighted by Gasteiger charge is -2.12. The van der Waals surface area contributed by atoms with E-state index < -0.39 is 20.0 Å². The minimum Gasteiger partial charge on any atom is -0.284 e. The van der Waals surface area contributed by atoms with Crippen LogP contribution in [0.25, 0.3) is 0 Å². The third-order valence-electron chi connectivity index (χ3n) is 4.01. The SMILES string of the molecule is CC(C)CCS(=O)(=O)Nc1cccc(S(=O)(=O)NC2=NCCCCC2)c1. The molecule has 0 bridgehead atoms. The molecule has 1 aromatic carbocycles. The highest BCUT2D eigenvalue weighted by molar-refractivity contribution is 7.92. The number of sulfonamides is 2. The highest BCUT2D eigenvalue weighted by atomic mass is 32.2. The van der Waals surface area contributed by atoms with Gasteiger partial charge in [0, 0.05) is 18.7 Å². The van der Waals surface area contributed by atoms with Crippen LogP contribution in [0, 0.1) is 5.92 Å². The molecule has 2 rings (SSSR count). The number of rotatable bonds is 7. The van der Waals surface area contributed by atoms with E-state index in [1.807, 2.05) is 13.8 Å². The maximum absolute atomic E-state index is 12.6. The second kappa shape index (κ2) is 8.85. The van der Waals surface area contributed by atoms with Gasteiger partial charge in [-0.15, -0.1) is 0 Å². The summed E-state index contributed by atoms with van der Waals surface area (Å²) in [5, 5.41) is 0. The minimum absolute atomic E-state index is 0.00327. The first-order valence-electron chi connectivity index (χ1n) is 8.85. The van der Waals surface area contributed by atoms with Gasteiger partial charge in [0.25, 0.3) is 10.0 Å². The summed E-state index contributed by atoms with van der Waals surface area (Å²) in [5.41, 5.74) is 0.236. The van der Waals surface area contributed by atoms with Crippen LogP contribution < -0.4 is 9.44 Å². The number of anilines is 1. The molecule has 0 spiro atoms. The fourth-order valence-corrected chi connectivity index (χ4v) is 5.02. The summed E-state index contributed by atoms with van der Waals surface area (Å²) in [6.07, 6.45) is 4.02. The normalized spacial score (nSPS) is 16.0. The van der Waals surface area contributed by atoms with Gasteiger partial charge >= 0.3 is 0 Å². The largest absolute Gasteiger partial charge is 0.284 e. The van der Waals surface area contributed by atoms with E-state index in [2.05, 4.69) is 14.4 Å². The van der Waals surface area contributed by atoms with Gasteiger partial charge in [-0.2, -0.15) is 0 Å². The van der Waals surface area contributed by atoms with Crippen molar-refractivity contribution in [2.45, 2.75) is 50.8 Å². The van der Waals surface area contributed by atoms with Gasteiger partial charge in [0.1, 0.15) is 5.84 Å². The van der Waals surface area contributed by atoms with Gasteiger partial charge in [-0.25, -0.2) is 16.8 Å². The van der Waals surface area contributed by atoms with Gasteiger partial charge in [0.2, 0.25) is 10.0 Å². The van der Waals surface area contributed by atoms with E-state index in [-0.39, 0.29) is 22.3 Å². The van der Waals surface area contributed by atoms with Crippen molar-refractivity contribution in [2.75, 3.05) is 17.0 Å². The van der Waals surface area contributed by atoms with Crippen molar-refractivity contribution < 1.29 is 16.8 Å². The molecule has 1 aliphatic heterocycles. The molecule has 0 unspecified atom stereocenters. The third-order valence-corrected chi connectivity index (χ3v) is 6.71. The standard InChI is InChI=1S/C17H27N3O4S2/c1-14(2)10-12-25(21,22)19-15-7-6-8-16(13-15)26(23,24)20-17-9-4-3-5-11-18-17/h6-8,13-14,19H,3-5,9-12H2,1-2H3,(H,18,20). The second-order valence-electron chi connectivity index (χ2n) is 6.88. The van der Waals surface area contributed by atoms with E-state index in [4.69, 9.17) is 0 Å². The smallest absolute Gasteiger partial charge is 0.262 e. The number of aliphatic imine (C=N–C) groups is 1. The van der Waals surface area contributed by atoms with E-state index in [1.165, 1.54) is 24.3 Å². The van der Waals surface area contributed by atoms with Crippen molar-refractivity contribution in [1.29, 1.82) is 0 Å². The monoisotopic (exact) mass is 401 g/mol. The molecule has 9 heteroatoms. The lowest BCUT2D eigenvalue weighted by atomic mass is 10.2. The highest BCUT2D eigenvalue weighted by Crippen LogP contribution is 2.18. The van der Waals surface area contributed by atoms with E-state index >= 15 is 0 Å². The Morgan fingerprint density at radius 3 is 2.58 bits per heavy atom. The molecule has 1 aromatic rings. The fraction of sp³-hybridized carbons (Fsp3) is 0.588. The van der Waals surface area contributed by atoms with Gasteiger partial charge < -0.3 is 0 Å². The summed E-state index contributed by atoms with van der Waals surface area (Å²) in [6, 6.07) is 5.82. The molecule has 0 radical (unpaired) electrons. The second-order valence-corrected chi connectivity index (χ2v) is 10.4. The molecule has 0 fully saturated rings. The van der Waals surface area contributed by atoms with Gasteiger partial charge in [0.15, 0.2) is 0 Å². The summed E-state index contributed by atoms with van der Waals surface area (Å²) in [7, 11) is -7.31. The zero-order valence-electron chi connectivity index (χ0n) is 15.2. The molecule has 2 N–H and O–H groups in total. The lowest BCUT2D eigenvalue weighted by Crippen LogP contribution is -2.30. The molecule has 26 heavy (non-hydrogen) atoms. The predicted molar refractivity (Wildman–Crippen MR) is 104 cm³/mol. The molecule has 0 saturated carbocycles. The zero-order valence-corrected chi connectivity index (χ0v) is 16.9. The Kier molecular flexibility index (Phi) is 7.05. The molecule has 1 heterocycles. The van der Waals surface area contributed by atoms with Crippen LogP contribution in [0.15, 0.2) is 34.2 Å². The van der Waals surface area contributed by atoms with E-state index in [0.29, 0.717) is 25.2 Å². The van der Waals surface area contributed by atoms with Crippen LogP contribution in [0.2, 0.25) is 0 Å². The average Bonchev–Trinajstić information content (AvgIpc) is 2.81. The van der Waals surface area contributed by atoms with Gasteiger partial charge in [-0.3, -0.25) is 14.4 Å². The first-order chi connectivity index (χ1) is 12.2. The molecule has 0 aliphatic carbocycles. The van der Waals surface area contributed by atoms with Crippen molar-refractivity contribution in [3.8, 4) is 0 Å². The number of hydrogen-bond donors (Lipinski definition) is 2. The van der Waals surface area contributed by atoms with E-state index in [0.717, 1.165) is 19.3 Å². The molecule has 0 aromatic heterocycles. The minimum atomic E-state index is -3.80. The van der Waals surface area contributed by atoms with Gasteiger partial charge in [-0.1, -0.05) is 26.3 Å². The Morgan fingerprint density at radius 1 is 1.08 bits per heavy atom. The lowest BCUT2D eigenvalue weighted by molar-refractivity contribution is 0.577. The average molecular weight is 402 g/mol. The van der Waals surface area contributed by atoms with Crippen LogP contribution >= 0.6 is 0 Å². The molecule has 146 valence electrons. The first kappa shape index (κ1) is 20.7. The van der Waals surface area contributed by atoms with Crippen LogP contribution in [-0.2, 0) is 20.0 Å². The number of benzene rings is 1. The Bertz CT molecular complexity index is 847. The van der Waals surface area contributed by atoms with E-state index in [9.17, 15) is 16.8 Å². The van der Waals surface area contributed by atoms with Crippen LogP contribution in [0.4, 0.5) is 5.69 Å². The van der Waals surface area contributed by atoms with E-state index in [1.54, 1.807) is 0 Å². The molecule has 0 saturated heterocycles. The van der Waals surface area contributed by atoms with Crippen LogP contribution in [0.3, 0.4) is 0 Å². The topological polar surface area (TPSA) is 105 Å². The van der Waals surface area contributed by atoms with Crippen molar-refractivity contribution in [2.24, 2.45) is 10.9 Å².